The molecule has 112 valence electrons. The minimum absolute atomic E-state index is 0.330. The maximum absolute atomic E-state index is 11.5. The van der Waals surface area contributed by atoms with Gasteiger partial charge in [0.2, 0.25) is 6.41 Å². The second-order valence-electron chi connectivity index (χ2n) is 5.04. The second kappa shape index (κ2) is 6.51. The molecule has 1 aliphatic carbocycles. The van der Waals surface area contributed by atoms with Crippen molar-refractivity contribution in [2.75, 3.05) is 14.2 Å². The summed E-state index contributed by atoms with van der Waals surface area (Å²) in [6, 6.07) is -1.38. The van der Waals surface area contributed by atoms with E-state index in [1.807, 2.05) is 13.0 Å². The number of allylic oxidation sites excluding steroid dienone is 1. The molecule has 7 heteroatoms. The predicted molar refractivity (Wildman–Crippen MR) is 70.9 cm³/mol. The molecule has 0 saturated heterocycles. The molecule has 1 amide bonds. The van der Waals surface area contributed by atoms with Crippen LogP contribution in [0.15, 0.2) is 11.6 Å². The molecule has 0 radical (unpaired) electrons. The van der Waals surface area contributed by atoms with Gasteiger partial charge < -0.3 is 20.5 Å². The summed E-state index contributed by atoms with van der Waals surface area (Å²) in [4.78, 5) is 33.0. The number of carbonyl (C=O) groups excluding carboxylic acids is 2. The first-order valence-electron chi connectivity index (χ1n) is 6.27. The summed E-state index contributed by atoms with van der Waals surface area (Å²) in [7, 11) is 2.85. The Morgan fingerprint density at radius 3 is 2.60 bits per heavy atom. The number of hydrogen-bond donors (Lipinski definition) is 3. The van der Waals surface area contributed by atoms with Crippen LogP contribution in [0.5, 0.6) is 0 Å². The van der Waals surface area contributed by atoms with Crippen LogP contribution in [0, 0.1) is 5.41 Å². The van der Waals surface area contributed by atoms with Crippen molar-refractivity contribution in [2.24, 2.45) is 5.41 Å². The quantitative estimate of drug-likeness (QED) is 0.304. The summed E-state index contributed by atoms with van der Waals surface area (Å²) < 4.78 is 4.61. The fourth-order valence-corrected chi connectivity index (χ4v) is 2.22. The van der Waals surface area contributed by atoms with E-state index in [0.29, 0.717) is 19.3 Å². The first-order valence-corrected chi connectivity index (χ1v) is 6.27. The normalized spacial score (nSPS) is 23.2. The number of carboxylic acids is 1. The number of carbonyl (C=O) groups is 3. The zero-order valence-electron chi connectivity index (χ0n) is 11.8. The van der Waals surface area contributed by atoms with Crippen LogP contribution in [0.3, 0.4) is 0 Å². The lowest BCUT2D eigenvalue weighted by molar-refractivity contribution is -0.144. The smallest absolute Gasteiger partial charge is 0.328 e. The molecule has 0 aromatic rings. The summed E-state index contributed by atoms with van der Waals surface area (Å²) in [6.07, 6.45) is 3.11. The van der Waals surface area contributed by atoms with Gasteiger partial charge in [-0.25, -0.2) is 4.79 Å². The van der Waals surface area contributed by atoms with Crippen molar-refractivity contribution in [1.82, 2.24) is 10.6 Å². The summed E-state index contributed by atoms with van der Waals surface area (Å²) in [5.74, 6) is -1.43. The third-order valence-electron chi connectivity index (χ3n) is 3.60. The Kier molecular flexibility index (Phi) is 5.26. The minimum atomic E-state index is -0.913. The van der Waals surface area contributed by atoms with E-state index in [0.717, 1.165) is 5.57 Å². The molecular weight excluding hydrogens is 264 g/mol. The Hall–Kier alpha value is -1.89. The largest absolute Gasteiger partial charge is 0.480 e. The average Bonchev–Trinajstić information content (AvgIpc) is 3.04. The molecule has 20 heavy (non-hydrogen) atoms. The maximum Gasteiger partial charge on any atom is 0.328 e. The molecule has 0 bridgehead atoms. The third kappa shape index (κ3) is 3.80. The zero-order chi connectivity index (χ0) is 15.3. The van der Waals surface area contributed by atoms with Crippen LogP contribution in [0.1, 0.15) is 19.8 Å². The van der Waals surface area contributed by atoms with Gasteiger partial charge in [-0.05, 0) is 13.5 Å². The van der Waals surface area contributed by atoms with Crippen molar-refractivity contribution < 1.29 is 24.2 Å². The standard InChI is InChI=1S/C13H20N2O5/c1-13(6-10(14-2)11(17)18)5-8(13)4-9(15-7-16)12(19)20-3/h5,7,9-10,14H,4,6H2,1-3H3,(H,15,16)(H,17,18). The first kappa shape index (κ1) is 16.2. The van der Waals surface area contributed by atoms with E-state index in [4.69, 9.17) is 5.11 Å². The highest BCUT2D eigenvalue weighted by Crippen LogP contribution is 2.49. The molecular formula is C13H20N2O5. The number of nitrogens with one attached hydrogen (secondary N) is 2. The van der Waals surface area contributed by atoms with Crippen molar-refractivity contribution in [3.05, 3.63) is 11.6 Å². The number of carboxylic acid groups (broad SMARTS) is 1. The van der Waals surface area contributed by atoms with Gasteiger partial charge in [-0.15, -0.1) is 0 Å². The van der Waals surface area contributed by atoms with E-state index in [-0.39, 0.29) is 5.41 Å². The van der Waals surface area contributed by atoms with Crippen LogP contribution in [-0.2, 0) is 19.1 Å². The van der Waals surface area contributed by atoms with Crippen molar-refractivity contribution in [3.63, 3.8) is 0 Å². The van der Waals surface area contributed by atoms with Crippen molar-refractivity contribution >= 4 is 18.3 Å². The van der Waals surface area contributed by atoms with Gasteiger partial charge in [0.15, 0.2) is 0 Å². The fraction of sp³-hybridized carbons (Fsp3) is 0.615. The Bertz CT molecular complexity index is 434. The lowest BCUT2D eigenvalue weighted by Gasteiger charge is -2.20. The molecule has 0 fully saturated rings. The average molecular weight is 284 g/mol. The lowest BCUT2D eigenvalue weighted by Crippen LogP contribution is -2.38. The van der Waals surface area contributed by atoms with Crippen molar-refractivity contribution in [3.8, 4) is 0 Å². The highest BCUT2D eigenvalue weighted by molar-refractivity contribution is 5.79. The summed E-state index contributed by atoms with van der Waals surface area (Å²) in [5.41, 5.74) is 0.617. The van der Waals surface area contributed by atoms with Gasteiger partial charge in [0, 0.05) is 11.8 Å². The number of esters is 1. The molecule has 0 saturated carbocycles. The lowest BCUT2D eigenvalue weighted by atomic mass is 9.91. The van der Waals surface area contributed by atoms with Gasteiger partial charge in [-0.2, -0.15) is 0 Å². The van der Waals surface area contributed by atoms with Crippen LogP contribution >= 0.6 is 0 Å². The number of rotatable bonds is 9. The van der Waals surface area contributed by atoms with Gasteiger partial charge in [-0.1, -0.05) is 18.6 Å². The molecule has 0 aliphatic heterocycles. The third-order valence-corrected chi connectivity index (χ3v) is 3.60. The first-order chi connectivity index (χ1) is 9.37. The van der Waals surface area contributed by atoms with Crippen LogP contribution in [0.2, 0.25) is 0 Å². The molecule has 3 N–H and O–H groups in total. The van der Waals surface area contributed by atoms with Gasteiger partial charge in [0.05, 0.1) is 7.11 Å². The fourth-order valence-electron chi connectivity index (χ4n) is 2.22. The van der Waals surface area contributed by atoms with Crippen LogP contribution < -0.4 is 10.6 Å². The summed E-state index contributed by atoms with van der Waals surface area (Å²) in [6.45, 7) is 1.91. The number of amides is 1. The van der Waals surface area contributed by atoms with Gasteiger partial charge in [-0.3, -0.25) is 9.59 Å². The van der Waals surface area contributed by atoms with Crippen molar-refractivity contribution in [2.45, 2.75) is 31.8 Å². The van der Waals surface area contributed by atoms with E-state index in [2.05, 4.69) is 15.4 Å². The summed E-state index contributed by atoms with van der Waals surface area (Å²) in [5, 5.41) is 14.2. The number of methoxy groups -OCH3 is 1. The highest BCUT2D eigenvalue weighted by Gasteiger charge is 2.43. The predicted octanol–water partition coefficient (Wildman–Crippen LogP) is -0.327. The van der Waals surface area contributed by atoms with Crippen molar-refractivity contribution in [1.29, 1.82) is 0 Å². The number of likely N-dealkylation sites (N-methyl/N-ethyl adjacent to an activating group) is 1. The van der Waals surface area contributed by atoms with Crippen LogP contribution in [0.25, 0.3) is 0 Å². The van der Waals surface area contributed by atoms with Gasteiger partial charge >= 0.3 is 11.9 Å². The molecule has 1 rings (SSSR count). The van der Waals surface area contributed by atoms with Crippen LogP contribution in [-0.4, -0.2) is 49.7 Å². The molecule has 0 aromatic carbocycles. The Morgan fingerprint density at radius 1 is 1.50 bits per heavy atom. The SMILES string of the molecule is CNC(CC1(C)C=C1CC(NC=O)C(=O)OC)C(=O)O. The zero-order valence-corrected chi connectivity index (χ0v) is 11.8. The maximum atomic E-state index is 11.5. The molecule has 0 aromatic heterocycles. The van der Waals surface area contributed by atoms with Crippen LogP contribution in [0.4, 0.5) is 0 Å². The Morgan fingerprint density at radius 2 is 2.15 bits per heavy atom. The van der Waals surface area contributed by atoms with E-state index in [1.54, 1.807) is 7.05 Å². The molecule has 3 unspecified atom stereocenters. The molecule has 3 atom stereocenters. The topological polar surface area (TPSA) is 105 Å². The minimum Gasteiger partial charge on any atom is -0.480 e. The Balaban J connectivity index is 2.58. The monoisotopic (exact) mass is 284 g/mol. The van der Waals surface area contributed by atoms with Gasteiger partial charge in [0.1, 0.15) is 12.1 Å². The van der Waals surface area contributed by atoms with E-state index >= 15 is 0 Å². The van der Waals surface area contributed by atoms with E-state index in [1.165, 1.54) is 7.11 Å². The molecule has 0 spiro atoms. The number of hydrogen-bond acceptors (Lipinski definition) is 5. The van der Waals surface area contributed by atoms with Gasteiger partial charge in [0.25, 0.3) is 0 Å². The van der Waals surface area contributed by atoms with E-state index in [9.17, 15) is 14.4 Å². The Labute approximate surface area is 117 Å². The van der Waals surface area contributed by atoms with E-state index < -0.39 is 24.0 Å². The summed E-state index contributed by atoms with van der Waals surface area (Å²) >= 11 is 0. The molecule has 7 nitrogen and oxygen atoms in total. The molecule has 0 heterocycles. The highest BCUT2D eigenvalue weighted by atomic mass is 16.5. The number of ether oxygens (including phenoxy) is 1. The second-order valence-corrected chi connectivity index (χ2v) is 5.04. The molecule has 1 aliphatic rings. The number of aliphatic carboxylic acids is 1.